The minimum Gasteiger partial charge on any atom is -0.491 e. The smallest absolute Gasteiger partial charge is 0.122 e. The fourth-order valence-electron chi connectivity index (χ4n) is 2.47. The second-order valence-corrected chi connectivity index (χ2v) is 6.29. The number of aliphatic hydroxyl groups is 1. The SMILES string of the molecule is Cc1ccc(C)c(OCC(O)CNC2(C)CCOCC2)c1. The predicted molar refractivity (Wildman–Crippen MR) is 83.9 cm³/mol. The molecule has 1 aliphatic rings. The van der Waals surface area contributed by atoms with E-state index in [1.807, 2.05) is 26.0 Å². The van der Waals surface area contributed by atoms with Crippen LogP contribution >= 0.6 is 0 Å². The Labute approximate surface area is 127 Å². The highest BCUT2D eigenvalue weighted by atomic mass is 16.5. The molecule has 1 unspecified atom stereocenters. The van der Waals surface area contributed by atoms with Crippen LogP contribution in [0.3, 0.4) is 0 Å². The first-order valence-electron chi connectivity index (χ1n) is 7.69. The lowest BCUT2D eigenvalue weighted by Gasteiger charge is -2.35. The first kappa shape index (κ1) is 16.3. The average Bonchev–Trinajstić information content (AvgIpc) is 2.47. The summed E-state index contributed by atoms with van der Waals surface area (Å²) >= 11 is 0. The normalized spacial score (nSPS) is 19.2. The number of hydrogen-bond acceptors (Lipinski definition) is 4. The van der Waals surface area contributed by atoms with Crippen molar-refractivity contribution in [3.8, 4) is 5.75 Å². The topological polar surface area (TPSA) is 50.7 Å². The van der Waals surface area contributed by atoms with Crippen LogP contribution in [-0.4, -0.2) is 43.1 Å². The van der Waals surface area contributed by atoms with Gasteiger partial charge in [0.1, 0.15) is 18.5 Å². The number of aryl methyl sites for hydroxylation is 2. The van der Waals surface area contributed by atoms with Crippen LogP contribution in [0.5, 0.6) is 5.75 Å². The van der Waals surface area contributed by atoms with Gasteiger partial charge in [-0.3, -0.25) is 0 Å². The summed E-state index contributed by atoms with van der Waals surface area (Å²) in [4.78, 5) is 0. The molecule has 0 aliphatic carbocycles. The number of nitrogens with one attached hydrogen (secondary N) is 1. The zero-order valence-electron chi connectivity index (χ0n) is 13.3. The lowest BCUT2D eigenvalue weighted by molar-refractivity contribution is 0.0342. The molecule has 118 valence electrons. The van der Waals surface area contributed by atoms with Gasteiger partial charge in [-0.05, 0) is 50.8 Å². The van der Waals surface area contributed by atoms with Gasteiger partial charge in [-0.15, -0.1) is 0 Å². The summed E-state index contributed by atoms with van der Waals surface area (Å²) in [5, 5.41) is 13.5. The highest BCUT2D eigenvalue weighted by molar-refractivity contribution is 5.35. The molecule has 1 saturated heterocycles. The first-order valence-corrected chi connectivity index (χ1v) is 7.69. The number of hydrogen-bond donors (Lipinski definition) is 2. The van der Waals surface area contributed by atoms with Crippen molar-refractivity contribution in [2.45, 2.75) is 45.3 Å². The van der Waals surface area contributed by atoms with E-state index in [0.29, 0.717) is 13.2 Å². The second kappa shape index (κ2) is 7.25. The predicted octanol–water partition coefficient (Wildman–Crippen LogP) is 2.20. The molecule has 1 atom stereocenters. The standard InChI is InChI=1S/C17H27NO3/c1-13-4-5-14(2)16(10-13)21-12-15(19)11-18-17(3)6-8-20-9-7-17/h4-5,10,15,18-19H,6-9,11-12H2,1-3H3. The summed E-state index contributed by atoms with van der Waals surface area (Å²) in [6.07, 6.45) is 1.46. The minimum absolute atomic E-state index is 0.0679. The van der Waals surface area contributed by atoms with E-state index in [0.717, 1.165) is 42.9 Å². The molecule has 1 fully saturated rings. The maximum Gasteiger partial charge on any atom is 0.122 e. The van der Waals surface area contributed by atoms with E-state index in [1.165, 1.54) is 0 Å². The summed E-state index contributed by atoms with van der Waals surface area (Å²) in [5.41, 5.74) is 2.33. The Balaban J connectivity index is 1.76. The van der Waals surface area contributed by atoms with Crippen LogP contribution in [0.4, 0.5) is 0 Å². The van der Waals surface area contributed by atoms with Crippen LogP contribution in [0.1, 0.15) is 30.9 Å². The molecule has 4 heteroatoms. The molecule has 2 N–H and O–H groups in total. The number of ether oxygens (including phenoxy) is 2. The van der Waals surface area contributed by atoms with Gasteiger partial charge in [0.15, 0.2) is 0 Å². The van der Waals surface area contributed by atoms with E-state index in [2.05, 4.69) is 18.3 Å². The lowest BCUT2D eigenvalue weighted by Crippen LogP contribution is -2.50. The van der Waals surface area contributed by atoms with Crippen molar-refractivity contribution in [1.29, 1.82) is 0 Å². The molecule has 4 nitrogen and oxygen atoms in total. The number of aliphatic hydroxyl groups excluding tert-OH is 1. The van der Waals surface area contributed by atoms with Gasteiger partial charge in [-0.2, -0.15) is 0 Å². The highest BCUT2D eigenvalue weighted by Gasteiger charge is 2.27. The van der Waals surface area contributed by atoms with Gasteiger partial charge in [0.05, 0.1) is 0 Å². The molecule has 0 bridgehead atoms. The molecular weight excluding hydrogens is 266 g/mol. The quantitative estimate of drug-likeness (QED) is 0.844. The van der Waals surface area contributed by atoms with Crippen molar-refractivity contribution in [2.75, 3.05) is 26.4 Å². The summed E-state index contributed by atoms with van der Waals surface area (Å²) < 4.78 is 11.1. The van der Waals surface area contributed by atoms with Crippen LogP contribution in [0, 0.1) is 13.8 Å². The van der Waals surface area contributed by atoms with E-state index >= 15 is 0 Å². The van der Waals surface area contributed by atoms with Gasteiger partial charge >= 0.3 is 0 Å². The van der Waals surface area contributed by atoms with E-state index < -0.39 is 6.10 Å². The maximum atomic E-state index is 10.1. The Morgan fingerprint density at radius 1 is 1.33 bits per heavy atom. The van der Waals surface area contributed by atoms with E-state index in [4.69, 9.17) is 9.47 Å². The van der Waals surface area contributed by atoms with Crippen LogP contribution in [-0.2, 0) is 4.74 Å². The molecule has 0 amide bonds. The monoisotopic (exact) mass is 293 g/mol. The number of rotatable bonds is 6. The Kier molecular flexibility index (Phi) is 5.62. The van der Waals surface area contributed by atoms with Crippen molar-refractivity contribution in [3.05, 3.63) is 29.3 Å². The Bertz CT molecular complexity index is 455. The third-order valence-corrected chi connectivity index (χ3v) is 4.14. The molecule has 2 rings (SSSR count). The molecule has 0 aromatic heterocycles. The van der Waals surface area contributed by atoms with Gasteiger partial charge in [0.2, 0.25) is 0 Å². The second-order valence-electron chi connectivity index (χ2n) is 6.29. The minimum atomic E-state index is -0.510. The summed E-state index contributed by atoms with van der Waals surface area (Å²) in [7, 11) is 0. The van der Waals surface area contributed by atoms with Gasteiger partial charge < -0.3 is 19.9 Å². The molecule has 1 aromatic carbocycles. The fraction of sp³-hybridized carbons (Fsp3) is 0.647. The van der Waals surface area contributed by atoms with Crippen molar-refractivity contribution in [3.63, 3.8) is 0 Å². The Hall–Kier alpha value is -1.10. The van der Waals surface area contributed by atoms with Crippen molar-refractivity contribution < 1.29 is 14.6 Å². The van der Waals surface area contributed by atoms with Gasteiger partial charge in [-0.25, -0.2) is 0 Å². The van der Waals surface area contributed by atoms with Crippen molar-refractivity contribution in [1.82, 2.24) is 5.32 Å². The highest BCUT2D eigenvalue weighted by Crippen LogP contribution is 2.20. The summed E-state index contributed by atoms with van der Waals surface area (Å²) in [6.45, 7) is 8.68. The van der Waals surface area contributed by atoms with E-state index in [1.54, 1.807) is 0 Å². The zero-order valence-corrected chi connectivity index (χ0v) is 13.3. The van der Waals surface area contributed by atoms with Gasteiger partial charge in [0, 0.05) is 25.3 Å². The third kappa shape index (κ3) is 4.99. The molecule has 0 saturated carbocycles. The largest absolute Gasteiger partial charge is 0.491 e. The maximum absolute atomic E-state index is 10.1. The molecule has 1 aliphatic heterocycles. The molecule has 0 spiro atoms. The van der Waals surface area contributed by atoms with E-state index in [-0.39, 0.29) is 5.54 Å². The zero-order chi connectivity index (χ0) is 15.3. The van der Waals surface area contributed by atoms with Crippen molar-refractivity contribution >= 4 is 0 Å². The molecule has 1 heterocycles. The average molecular weight is 293 g/mol. The molecule has 1 aromatic rings. The van der Waals surface area contributed by atoms with Crippen LogP contribution < -0.4 is 10.1 Å². The lowest BCUT2D eigenvalue weighted by atomic mass is 9.92. The Morgan fingerprint density at radius 3 is 2.76 bits per heavy atom. The van der Waals surface area contributed by atoms with Crippen LogP contribution in [0.2, 0.25) is 0 Å². The first-order chi connectivity index (χ1) is 9.98. The summed E-state index contributed by atoms with van der Waals surface area (Å²) in [5.74, 6) is 0.853. The van der Waals surface area contributed by atoms with Gasteiger partial charge in [-0.1, -0.05) is 12.1 Å². The number of benzene rings is 1. The molecular formula is C17H27NO3. The molecule has 21 heavy (non-hydrogen) atoms. The number of β-amino-alcohol motifs (C(OH)–C–C–N with tert-alkyl or cyclic N) is 1. The Morgan fingerprint density at radius 2 is 2.05 bits per heavy atom. The fourth-order valence-corrected chi connectivity index (χ4v) is 2.47. The summed E-state index contributed by atoms with van der Waals surface area (Å²) in [6, 6.07) is 6.11. The molecule has 0 radical (unpaired) electrons. The van der Waals surface area contributed by atoms with Gasteiger partial charge in [0.25, 0.3) is 0 Å². The van der Waals surface area contributed by atoms with Crippen LogP contribution in [0.25, 0.3) is 0 Å². The van der Waals surface area contributed by atoms with Crippen LogP contribution in [0.15, 0.2) is 18.2 Å². The van der Waals surface area contributed by atoms with Crippen molar-refractivity contribution in [2.24, 2.45) is 0 Å². The third-order valence-electron chi connectivity index (χ3n) is 4.14. The van der Waals surface area contributed by atoms with E-state index in [9.17, 15) is 5.11 Å².